The zero-order valence-corrected chi connectivity index (χ0v) is 20.1. The number of halogens is 5. The number of anilines is 1. The third kappa shape index (κ3) is 4.38. The molecule has 1 heterocycles. The van der Waals surface area contributed by atoms with Crippen LogP contribution in [-0.4, -0.2) is 11.6 Å². The summed E-state index contributed by atoms with van der Waals surface area (Å²) in [6.45, 7) is 1.39. The second-order valence-corrected chi connectivity index (χ2v) is 8.54. The molecule has 0 saturated carbocycles. The fraction of sp³-hybridized carbons (Fsp3) is 0.0690. The second kappa shape index (κ2) is 10.0. The van der Waals surface area contributed by atoms with Crippen molar-refractivity contribution in [1.29, 1.82) is 5.26 Å². The highest BCUT2D eigenvalue weighted by atomic mass is 19.2. The van der Waals surface area contributed by atoms with Gasteiger partial charge in [0.2, 0.25) is 5.82 Å². The van der Waals surface area contributed by atoms with Crippen molar-refractivity contribution in [2.45, 2.75) is 13.5 Å². The van der Waals surface area contributed by atoms with Gasteiger partial charge < -0.3 is 4.74 Å². The van der Waals surface area contributed by atoms with E-state index in [0.29, 0.717) is 27.8 Å². The molecule has 1 aliphatic heterocycles. The van der Waals surface area contributed by atoms with Crippen LogP contribution < -0.4 is 9.75 Å². The number of hydrogen-bond acceptors (Lipinski definition) is 4. The van der Waals surface area contributed by atoms with Crippen LogP contribution in [0, 0.1) is 40.4 Å². The van der Waals surface area contributed by atoms with Crippen molar-refractivity contribution in [3.63, 3.8) is 0 Å². The molecule has 4 aromatic carbocycles. The summed E-state index contributed by atoms with van der Waals surface area (Å²) in [7, 11) is 0. The van der Waals surface area contributed by atoms with E-state index in [1.54, 1.807) is 54.6 Å². The summed E-state index contributed by atoms with van der Waals surface area (Å²) in [5, 5.41) is 14.8. The quantitative estimate of drug-likeness (QED) is 0.123. The van der Waals surface area contributed by atoms with Crippen molar-refractivity contribution in [3.05, 3.63) is 112 Å². The molecule has 5 rings (SSSR count). The number of ether oxygens (including phenoxy) is 1. The van der Waals surface area contributed by atoms with E-state index < -0.39 is 40.7 Å². The minimum atomic E-state index is -2.34. The molecule has 4 aromatic rings. The molecular weight excluding hydrogens is 517 g/mol. The Morgan fingerprint density at radius 1 is 0.897 bits per heavy atom. The van der Waals surface area contributed by atoms with E-state index in [2.05, 4.69) is 11.2 Å². The number of nitrogens with zero attached hydrogens (tertiary/aromatic N) is 3. The van der Waals surface area contributed by atoms with Crippen molar-refractivity contribution < 1.29 is 31.5 Å². The molecule has 1 aliphatic rings. The summed E-state index contributed by atoms with van der Waals surface area (Å²) in [4.78, 5) is 13.2. The molecule has 0 atom stereocenters. The van der Waals surface area contributed by atoms with Crippen LogP contribution in [0.25, 0.3) is 16.8 Å². The predicted octanol–water partition coefficient (Wildman–Crippen LogP) is 6.79. The SMILES string of the molecule is CC1=NN(c2c(F)c(F)c(F)c(F)c2F)C(=O)/C1=C\c1c(OCc2ccccc2C#N)ccc2ccccc12. The third-order valence-corrected chi connectivity index (χ3v) is 6.20. The molecule has 5 nitrogen and oxygen atoms in total. The smallest absolute Gasteiger partial charge is 0.280 e. The van der Waals surface area contributed by atoms with E-state index in [9.17, 15) is 32.0 Å². The first-order chi connectivity index (χ1) is 18.7. The first-order valence-electron chi connectivity index (χ1n) is 11.5. The Hall–Kier alpha value is -5.04. The molecule has 39 heavy (non-hydrogen) atoms. The lowest BCUT2D eigenvalue weighted by molar-refractivity contribution is -0.114. The van der Waals surface area contributed by atoms with Gasteiger partial charge in [-0.2, -0.15) is 15.4 Å². The molecule has 0 aliphatic carbocycles. The highest BCUT2D eigenvalue weighted by Gasteiger charge is 2.37. The third-order valence-electron chi connectivity index (χ3n) is 6.20. The largest absolute Gasteiger partial charge is 0.488 e. The normalized spacial score (nSPS) is 14.2. The summed E-state index contributed by atoms with van der Waals surface area (Å²) in [6, 6.07) is 19.6. The number of fused-ring (bicyclic) bond motifs is 1. The van der Waals surface area contributed by atoms with Gasteiger partial charge in [0.05, 0.1) is 22.9 Å². The number of amides is 1. The van der Waals surface area contributed by atoms with Crippen molar-refractivity contribution in [1.82, 2.24) is 0 Å². The summed E-state index contributed by atoms with van der Waals surface area (Å²) in [6.07, 6.45) is 1.39. The Morgan fingerprint density at radius 2 is 1.54 bits per heavy atom. The van der Waals surface area contributed by atoms with Crippen molar-refractivity contribution in [2.75, 3.05) is 5.01 Å². The van der Waals surface area contributed by atoms with Gasteiger partial charge in [0.1, 0.15) is 18.0 Å². The van der Waals surface area contributed by atoms with Gasteiger partial charge in [-0.25, -0.2) is 22.0 Å². The highest BCUT2D eigenvalue weighted by molar-refractivity contribution is 6.32. The average molecular weight is 533 g/mol. The van der Waals surface area contributed by atoms with Crippen LogP contribution >= 0.6 is 0 Å². The van der Waals surface area contributed by atoms with Crippen molar-refractivity contribution in [3.8, 4) is 11.8 Å². The molecule has 0 bridgehead atoms. The number of nitriles is 1. The van der Waals surface area contributed by atoms with Gasteiger partial charge in [-0.05, 0) is 35.9 Å². The Morgan fingerprint density at radius 3 is 2.26 bits per heavy atom. The van der Waals surface area contributed by atoms with Crippen LogP contribution in [0.3, 0.4) is 0 Å². The van der Waals surface area contributed by atoms with E-state index in [1.165, 1.54) is 13.0 Å². The Bertz CT molecular complexity index is 1750. The maximum atomic E-state index is 14.5. The number of carbonyl (C=O) groups is 1. The number of hydrogen-bond donors (Lipinski definition) is 0. The Balaban J connectivity index is 1.60. The lowest BCUT2D eigenvalue weighted by atomic mass is 9.99. The molecule has 0 radical (unpaired) electrons. The zero-order chi connectivity index (χ0) is 27.8. The molecule has 0 fully saturated rings. The van der Waals surface area contributed by atoms with Gasteiger partial charge in [-0.1, -0.05) is 48.5 Å². The molecule has 0 spiro atoms. The van der Waals surface area contributed by atoms with Crippen LogP contribution in [0.15, 0.2) is 71.3 Å². The second-order valence-electron chi connectivity index (χ2n) is 8.54. The van der Waals surface area contributed by atoms with E-state index in [1.807, 2.05) is 6.07 Å². The first-order valence-corrected chi connectivity index (χ1v) is 11.5. The number of benzene rings is 4. The molecule has 194 valence electrons. The number of carbonyl (C=O) groups excluding carboxylic acids is 1. The van der Waals surface area contributed by atoms with Gasteiger partial charge in [-0.15, -0.1) is 0 Å². The zero-order valence-electron chi connectivity index (χ0n) is 20.1. The van der Waals surface area contributed by atoms with E-state index >= 15 is 0 Å². The van der Waals surface area contributed by atoms with Gasteiger partial charge >= 0.3 is 0 Å². The molecule has 0 N–H and O–H groups in total. The predicted molar refractivity (Wildman–Crippen MR) is 134 cm³/mol. The molecule has 10 heteroatoms. The number of rotatable bonds is 5. The summed E-state index contributed by atoms with van der Waals surface area (Å²) < 4.78 is 76.2. The van der Waals surface area contributed by atoms with Gasteiger partial charge in [0.25, 0.3) is 5.91 Å². The molecule has 0 aromatic heterocycles. The number of hydrazone groups is 1. The lowest BCUT2D eigenvalue weighted by Crippen LogP contribution is -2.25. The topological polar surface area (TPSA) is 65.7 Å². The lowest BCUT2D eigenvalue weighted by Gasteiger charge is -2.15. The Kier molecular flexibility index (Phi) is 6.58. The first kappa shape index (κ1) is 25.6. The molecule has 1 amide bonds. The molecule has 0 unspecified atom stereocenters. The maximum absolute atomic E-state index is 14.5. The Labute approximate surface area is 218 Å². The van der Waals surface area contributed by atoms with Gasteiger partial charge in [0, 0.05) is 11.1 Å². The monoisotopic (exact) mass is 533 g/mol. The maximum Gasteiger partial charge on any atom is 0.280 e. The minimum Gasteiger partial charge on any atom is -0.488 e. The van der Waals surface area contributed by atoms with Crippen LogP contribution in [-0.2, 0) is 11.4 Å². The summed E-state index contributed by atoms with van der Waals surface area (Å²) in [5.74, 6) is -11.8. The summed E-state index contributed by atoms with van der Waals surface area (Å²) in [5.41, 5.74) is -0.166. The van der Waals surface area contributed by atoms with Gasteiger partial charge in [-0.3, -0.25) is 4.79 Å². The summed E-state index contributed by atoms with van der Waals surface area (Å²) >= 11 is 0. The molecule has 0 saturated heterocycles. The van der Waals surface area contributed by atoms with Crippen molar-refractivity contribution in [2.24, 2.45) is 5.10 Å². The fourth-order valence-electron chi connectivity index (χ4n) is 4.22. The van der Waals surface area contributed by atoms with E-state index in [-0.39, 0.29) is 22.9 Å². The van der Waals surface area contributed by atoms with Gasteiger partial charge in [0.15, 0.2) is 23.3 Å². The fourth-order valence-corrected chi connectivity index (χ4v) is 4.22. The van der Waals surface area contributed by atoms with Crippen LogP contribution in [0.1, 0.15) is 23.6 Å². The standard InChI is InChI=1S/C29H16F5N3O2/c1-15-20(29(38)37(36-15)28-26(33)24(31)23(30)25(32)27(28)34)12-21-19-9-5-4-6-16(19)10-11-22(21)39-14-18-8-3-2-7-17(18)13-35/h2-12H,14H2,1H3/b20-12-. The minimum absolute atomic E-state index is 0.0161. The van der Waals surface area contributed by atoms with Crippen LogP contribution in [0.2, 0.25) is 0 Å². The highest BCUT2D eigenvalue weighted by Crippen LogP contribution is 2.36. The van der Waals surface area contributed by atoms with Crippen LogP contribution in [0.4, 0.5) is 27.6 Å². The van der Waals surface area contributed by atoms with E-state index in [0.717, 1.165) is 5.39 Å². The molecular formula is C29H16F5N3O2. The van der Waals surface area contributed by atoms with Crippen LogP contribution in [0.5, 0.6) is 5.75 Å². The van der Waals surface area contributed by atoms with Crippen molar-refractivity contribution >= 4 is 34.2 Å². The average Bonchev–Trinajstić information content (AvgIpc) is 3.22. The van der Waals surface area contributed by atoms with E-state index in [4.69, 9.17) is 4.74 Å².